The highest BCUT2D eigenvalue weighted by atomic mass is 32.2. The SMILES string of the molecule is CCOc1ccc(NS(=O)(=O)c2ccc3c(c2)NC(=O)C(C)CS3)cc1. The van der Waals surface area contributed by atoms with Crippen LogP contribution in [0.1, 0.15) is 13.8 Å². The molecule has 0 aliphatic carbocycles. The van der Waals surface area contributed by atoms with Gasteiger partial charge in [-0.1, -0.05) is 6.92 Å². The third-order valence-corrected chi connectivity index (χ3v) is 6.59. The molecule has 0 saturated carbocycles. The first-order chi connectivity index (χ1) is 12.4. The lowest BCUT2D eigenvalue weighted by molar-refractivity contribution is -0.118. The number of fused-ring (bicyclic) bond motifs is 1. The van der Waals surface area contributed by atoms with E-state index in [0.29, 0.717) is 29.5 Å². The van der Waals surface area contributed by atoms with Crippen molar-refractivity contribution in [2.75, 3.05) is 22.4 Å². The van der Waals surface area contributed by atoms with Crippen molar-refractivity contribution in [3.05, 3.63) is 42.5 Å². The number of hydrogen-bond donors (Lipinski definition) is 2. The summed E-state index contributed by atoms with van der Waals surface area (Å²) in [6.07, 6.45) is 0. The largest absolute Gasteiger partial charge is 0.494 e. The first-order valence-corrected chi connectivity index (χ1v) is 10.7. The zero-order valence-electron chi connectivity index (χ0n) is 14.5. The Kier molecular flexibility index (Phi) is 5.43. The highest BCUT2D eigenvalue weighted by molar-refractivity contribution is 7.99. The number of hydrogen-bond acceptors (Lipinski definition) is 5. The molecule has 26 heavy (non-hydrogen) atoms. The number of thioether (sulfide) groups is 1. The van der Waals surface area contributed by atoms with Gasteiger partial charge in [0, 0.05) is 22.3 Å². The van der Waals surface area contributed by atoms with Crippen LogP contribution in [0.2, 0.25) is 0 Å². The molecule has 1 amide bonds. The Morgan fingerprint density at radius 1 is 1.23 bits per heavy atom. The molecule has 1 aliphatic heterocycles. The van der Waals surface area contributed by atoms with Crippen molar-refractivity contribution in [2.45, 2.75) is 23.6 Å². The molecule has 138 valence electrons. The molecule has 6 nitrogen and oxygen atoms in total. The van der Waals surface area contributed by atoms with Crippen LogP contribution in [0.15, 0.2) is 52.3 Å². The second kappa shape index (κ2) is 7.59. The molecule has 1 atom stereocenters. The minimum absolute atomic E-state index is 0.0978. The third-order valence-electron chi connectivity index (χ3n) is 3.87. The Morgan fingerprint density at radius 2 is 1.96 bits per heavy atom. The molecule has 0 fully saturated rings. The summed E-state index contributed by atoms with van der Waals surface area (Å²) in [7, 11) is -3.77. The molecule has 2 aromatic carbocycles. The summed E-state index contributed by atoms with van der Waals surface area (Å²) in [6, 6.07) is 11.5. The summed E-state index contributed by atoms with van der Waals surface area (Å²) >= 11 is 1.54. The van der Waals surface area contributed by atoms with Crippen LogP contribution in [0, 0.1) is 5.92 Å². The Bertz CT molecular complexity index is 911. The lowest BCUT2D eigenvalue weighted by atomic mass is 10.2. The van der Waals surface area contributed by atoms with E-state index in [1.165, 1.54) is 17.8 Å². The highest BCUT2D eigenvalue weighted by Crippen LogP contribution is 2.34. The van der Waals surface area contributed by atoms with Gasteiger partial charge in [0.25, 0.3) is 10.0 Å². The van der Waals surface area contributed by atoms with Crippen molar-refractivity contribution < 1.29 is 17.9 Å². The van der Waals surface area contributed by atoms with Gasteiger partial charge in [0.15, 0.2) is 0 Å². The fourth-order valence-corrected chi connectivity index (χ4v) is 4.54. The monoisotopic (exact) mass is 392 g/mol. The number of carbonyl (C=O) groups excluding carboxylic acids is 1. The molecule has 0 spiro atoms. The van der Waals surface area contributed by atoms with E-state index >= 15 is 0 Å². The van der Waals surface area contributed by atoms with E-state index in [2.05, 4.69) is 10.0 Å². The molecule has 0 bridgehead atoms. The van der Waals surface area contributed by atoms with E-state index in [-0.39, 0.29) is 16.7 Å². The van der Waals surface area contributed by atoms with Gasteiger partial charge in [-0.05, 0) is 49.4 Å². The number of ether oxygens (including phenoxy) is 1. The van der Waals surface area contributed by atoms with Gasteiger partial charge in [-0.2, -0.15) is 0 Å². The number of carbonyl (C=O) groups is 1. The molecule has 1 heterocycles. The van der Waals surface area contributed by atoms with Crippen LogP contribution >= 0.6 is 11.8 Å². The van der Waals surface area contributed by atoms with Crippen LogP contribution in [0.5, 0.6) is 5.75 Å². The summed E-state index contributed by atoms with van der Waals surface area (Å²) in [5.41, 5.74) is 0.967. The number of benzene rings is 2. The molecule has 8 heteroatoms. The van der Waals surface area contributed by atoms with E-state index in [0.717, 1.165) is 4.90 Å². The van der Waals surface area contributed by atoms with E-state index in [9.17, 15) is 13.2 Å². The molecule has 1 aliphatic rings. The maximum Gasteiger partial charge on any atom is 0.261 e. The molecule has 0 aromatic heterocycles. The van der Waals surface area contributed by atoms with Crippen LogP contribution in [-0.4, -0.2) is 26.7 Å². The summed E-state index contributed by atoms with van der Waals surface area (Å²) < 4.78 is 33.2. The number of anilines is 2. The van der Waals surface area contributed by atoms with E-state index < -0.39 is 10.0 Å². The van der Waals surface area contributed by atoms with Crippen LogP contribution in [0.3, 0.4) is 0 Å². The van der Waals surface area contributed by atoms with E-state index in [1.54, 1.807) is 36.4 Å². The predicted octanol–water partition coefficient (Wildman–Crippen LogP) is 3.57. The van der Waals surface area contributed by atoms with Crippen molar-refractivity contribution >= 4 is 39.1 Å². The van der Waals surface area contributed by atoms with Gasteiger partial charge >= 0.3 is 0 Å². The van der Waals surface area contributed by atoms with Gasteiger partial charge in [0.1, 0.15) is 5.75 Å². The van der Waals surface area contributed by atoms with Gasteiger partial charge in [-0.15, -0.1) is 11.8 Å². The number of amides is 1. The van der Waals surface area contributed by atoms with E-state index in [1.807, 2.05) is 13.8 Å². The summed E-state index contributed by atoms with van der Waals surface area (Å²) in [4.78, 5) is 13.0. The van der Waals surface area contributed by atoms with Crippen LogP contribution < -0.4 is 14.8 Å². The van der Waals surface area contributed by atoms with Crippen LogP contribution in [0.25, 0.3) is 0 Å². The molecule has 3 rings (SSSR count). The fraction of sp³-hybridized carbons (Fsp3) is 0.278. The van der Waals surface area contributed by atoms with Crippen molar-refractivity contribution in [2.24, 2.45) is 5.92 Å². The Morgan fingerprint density at radius 3 is 2.65 bits per heavy atom. The minimum Gasteiger partial charge on any atom is -0.494 e. The van der Waals surface area contributed by atoms with Gasteiger partial charge in [0.2, 0.25) is 5.91 Å². The van der Waals surface area contributed by atoms with Gasteiger partial charge in [-0.3, -0.25) is 9.52 Å². The van der Waals surface area contributed by atoms with Crippen molar-refractivity contribution in [3.63, 3.8) is 0 Å². The zero-order valence-corrected chi connectivity index (χ0v) is 16.1. The van der Waals surface area contributed by atoms with Crippen LogP contribution in [0.4, 0.5) is 11.4 Å². The quantitative estimate of drug-likeness (QED) is 0.813. The van der Waals surface area contributed by atoms with Crippen molar-refractivity contribution in [1.82, 2.24) is 0 Å². The minimum atomic E-state index is -3.77. The zero-order chi connectivity index (χ0) is 18.7. The lowest BCUT2D eigenvalue weighted by Crippen LogP contribution is -2.20. The Hall–Kier alpha value is -2.19. The fourth-order valence-electron chi connectivity index (χ4n) is 2.45. The molecule has 2 aromatic rings. The molecule has 2 N–H and O–H groups in total. The predicted molar refractivity (Wildman–Crippen MR) is 103 cm³/mol. The van der Waals surface area contributed by atoms with Gasteiger partial charge in [0.05, 0.1) is 17.2 Å². The van der Waals surface area contributed by atoms with Gasteiger partial charge in [-0.25, -0.2) is 8.42 Å². The maximum absolute atomic E-state index is 12.7. The average molecular weight is 393 g/mol. The summed E-state index contributed by atoms with van der Waals surface area (Å²) in [5.74, 6) is 1.10. The first-order valence-electron chi connectivity index (χ1n) is 8.22. The van der Waals surface area contributed by atoms with E-state index in [4.69, 9.17) is 4.74 Å². The lowest BCUT2D eigenvalue weighted by Gasteiger charge is -2.12. The number of sulfonamides is 1. The van der Waals surface area contributed by atoms with Crippen molar-refractivity contribution in [3.8, 4) is 5.75 Å². The summed E-state index contributed by atoms with van der Waals surface area (Å²) in [5, 5.41) is 2.80. The molecule has 0 saturated heterocycles. The van der Waals surface area contributed by atoms with Gasteiger partial charge < -0.3 is 10.1 Å². The maximum atomic E-state index is 12.7. The topological polar surface area (TPSA) is 84.5 Å². The number of nitrogens with one attached hydrogen (secondary N) is 2. The smallest absolute Gasteiger partial charge is 0.261 e. The molecule has 1 unspecified atom stereocenters. The second-order valence-corrected chi connectivity index (χ2v) is 8.67. The molecule has 0 radical (unpaired) electrons. The average Bonchev–Trinajstić information content (AvgIpc) is 2.75. The Balaban J connectivity index is 1.83. The second-order valence-electron chi connectivity index (χ2n) is 5.92. The third kappa shape index (κ3) is 4.13. The normalized spacial score (nSPS) is 17.0. The standard InChI is InChI=1S/C18H20N2O4S2/c1-3-24-14-6-4-13(5-7-14)20-26(22,23)15-8-9-17-16(10-15)19-18(21)12(2)11-25-17/h4-10,12,20H,3,11H2,1-2H3,(H,19,21). The number of rotatable bonds is 5. The van der Waals surface area contributed by atoms with Crippen molar-refractivity contribution in [1.29, 1.82) is 0 Å². The molecular weight excluding hydrogens is 372 g/mol. The summed E-state index contributed by atoms with van der Waals surface area (Å²) in [6.45, 7) is 4.27. The Labute approximate surface area is 157 Å². The first kappa shape index (κ1) is 18.6. The highest BCUT2D eigenvalue weighted by Gasteiger charge is 2.23. The van der Waals surface area contributed by atoms with Crippen LogP contribution in [-0.2, 0) is 14.8 Å². The molecular formula is C18H20N2O4S2.